The Morgan fingerprint density at radius 2 is 1.74 bits per heavy atom. The molecule has 4 aromatic rings. The van der Waals surface area contributed by atoms with E-state index in [1.807, 2.05) is 36.4 Å². The maximum absolute atomic E-state index is 14.0. The molecular weight excluding hydrogens is 458 g/mol. The van der Waals surface area contributed by atoms with Crippen molar-refractivity contribution in [2.45, 2.75) is 42.8 Å². The minimum Gasteiger partial charge on any atom is -0.393 e. The standard InChI is InChI=1S/C28H31N3O3S/c1-18(32)23-17-31-15-14-22-21-11-5-6-12-24(21)29-28(22)26(31)16-25(23)30(2)35(33,34)27-13-7-9-19-8-3-4-10-20(19)27/h3-13,18,23,25-26,29,32H,14-17H2,1-2H3/t18-,23-,25-,26-/m0/s1. The summed E-state index contributed by atoms with van der Waals surface area (Å²) in [6, 6.07) is 21.2. The van der Waals surface area contributed by atoms with E-state index < -0.39 is 16.1 Å². The van der Waals surface area contributed by atoms with Crippen LogP contribution in [-0.4, -0.2) is 60.0 Å². The molecule has 35 heavy (non-hydrogen) atoms. The summed E-state index contributed by atoms with van der Waals surface area (Å²) in [6.45, 7) is 3.36. The van der Waals surface area contributed by atoms with E-state index in [9.17, 15) is 13.5 Å². The molecule has 0 bridgehead atoms. The van der Waals surface area contributed by atoms with Gasteiger partial charge in [0.15, 0.2) is 0 Å². The van der Waals surface area contributed by atoms with Gasteiger partial charge < -0.3 is 10.1 Å². The first-order valence-corrected chi connectivity index (χ1v) is 13.8. The van der Waals surface area contributed by atoms with Gasteiger partial charge in [0.2, 0.25) is 10.0 Å². The van der Waals surface area contributed by atoms with Gasteiger partial charge in [-0.25, -0.2) is 8.42 Å². The third-order valence-electron chi connectivity index (χ3n) is 8.17. The highest BCUT2D eigenvalue weighted by Gasteiger charge is 2.45. The number of aromatic nitrogens is 1. The van der Waals surface area contributed by atoms with Crippen LogP contribution in [0.2, 0.25) is 0 Å². The van der Waals surface area contributed by atoms with Crippen molar-refractivity contribution < 1.29 is 13.5 Å². The van der Waals surface area contributed by atoms with E-state index in [0.29, 0.717) is 17.9 Å². The number of aromatic amines is 1. The summed E-state index contributed by atoms with van der Waals surface area (Å²) in [6.07, 6.45) is 0.975. The van der Waals surface area contributed by atoms with Crippen LogP contribution in [0, 0.1) is 5.92 Å². The fourth-order valence-corrected chi connectivity index (χ4v) is 7.92. The second kappa shape index (κ2) is 8.45. The van der Waals surface area contributed by atoms with Crippen LogP contribution in [-0.2, 0) is 16.4 Å². The zero-order valence-electron chi connectivity index (χ0n) is 20.1. The molecule has 182 valence electrons. The Morgan fingerprint density at radius 3 is 2.54 bits per heavy atom. The molecule has 3 aromatic carbocycles. The summed E-state index contributed by atoms with van der Waals surface area (Å²) in [5.74, 6) is -0.174. The van der Waals surface area contributed by atoms with Crippen molar-refractivity contribution in [3.05, 3.63) is 78.0 Å². The maximum Gasteiger partial charge on any atom is 0.243 e. The van der Waals surface area contributed by atoms with Crippen LogP contribution in [0.5, 0.6) is 0 Å². The lowest BCUT2D eigenvalue weighted by Crippen LogP contribution is -2.56. The van der Waals surface area contributed by atoms with Crippen molar-refractivity contribution in [2.75, 3.05) is 20.1 Å². The molecule has 2 aliphatic rings. The average molecular weight is 490 g/mol. The fourth-order valence-electron chi connectivity index (χ4n) is 6.30. The van der Waals surface area contributed by atoms with Crippen molar-refractivity contribution in [1.82, 2.24) is 14.2 Å². The van der Waals surface area contributed by atoms with Crippen molar-refractivity contribution in [3.63, 3.8) is 0 Å². The minimum absolute atomic E-state index is 0.0938. The molecule has 1 saturated heterocycles. The number of benzene rings is 3. The van der Waals surface area contributed by atoms with Crippen LogP contribution in [0.4, 0.5) is 0 Å². The Kier molecular flexibility index (Phi) is 5.49. The second-order valence-corrected chi connectivity index (χ2v) is 12.0. The summed E-state index contributed by atoms with van der Waals surface area (Å²) in [5, 5.41) is 13.6. The van der Waals surface area contributed by atoms with Crippen LogP contribution in [0.25, 0.3) is 21.7 Å². The molecule has 6 rings (SSSR count). The minimum atomic E-state index is -3.78. The molecule has 0 spiro atoms. The molecule has 0 radical (unpaired) electrons. The highest BCUT2D eigenvalue weighted by atomic mass is 32.2. The average Bonchev–Trinajstić information content (AvgIpc) is 3.26. The van der Waals surface area contributed by atoms with Crippen LogP contribution in [0.3, 0.4) is 0 Å². The van der Waals surface area contributed by atoms with Gasteiger partial charge in [-0.2, -0.15) is 4.31 Å². The summed E-state index contributed by atoms with van der Waals surface area (Å²) in [5.41, 5.74) is 3.67. The predicted molar refractivity (Wildman–Crippen MR) is 139 cm³/mol. The molecule has 0 aliphatic carbocycles. The predicted octanol–water partition coefficient (Wildman–Crippen LogP) is 4.31. The quantitative estimate of drug-likeness (QED) is 0.448. The largest absolute Gasteiger partial charge is 0.393 e. The molecule has 0 unspecified atom stereocenters. The lowest BCUT2D eigenvalue weighted by molar-refractivity contribution is -0.0107. The van der Waals surface area contributed by atoms with E-state index in [2.05, 4.69) is 28.1 Å². The smallest absolute Gasteiger partial charge is 0.243 e. The van der Waals surface area contributed by atoms with Crippen molar-refractivity contribution in [1.29, 1.82) is 0 Å². The van der Waals surface area contributed by atoms with E-state index in [1.54, 1.807) is 26.1 Å². The van der Waals surface area contributed by atoms with Gasteiger partial charge in [-0.15, -0.1) is 0 Å². The van der Waals surface area contributed by atoms with Gasteiger partial charge in [0.05, 0.1) is 17.0 Å². The van der Waals surface area contributed by atoms with Crippen LogP contribution in [0.1, 0.15) is 30.6 Å². The zero-order valence-corrected chi connectivity index (χ0v) is 20.9. The third-order valence-corrected chi connectivity index (χ3v) is 10.1. The zero-order chi connectivity index (χ0) is 24.3. The first-order chi connectivity index (χ1) is 16.9. The monoisotopic (exact) mass is 489 g/mol. The number of fused-ring (bicyclic) bond motifs is 6. The highest BCUT2D eigenvalue weighted by Crippen LogP contribution is 2.43. The maximum atomic E-state index is 14.0. The van der Waals surface area contributed by atoms with Crippen molar-refractivity contribution >= 4 is 31.7 Å². The lowest BCUT2D eigenvalue weighted by atomic mass is 9.80. The molecule has 4 atom stereocenters. The van der Waals surface area contributed by atoms with Crippen LogP contribution < -0.4 is 0 Å². The molecule has 2 aliphatic heterocycles. The van der Waals surface area contributed by atoms with Crippen molar-refractivity contribution in [3.8, 4) is 0 Å². The molecule has 1 fully saturated rings. The highest BCUT2D eigenvalue weighted by molar-refractivity contribution is 7.89. The molecule has 1 aromatic heterocycles. The van der Waals surface area contributed by atoms with E-state index in [1.165, 1.54) is 20.9 Å². The Hall–Kier alpha value is -2.71. The van der Waals surface area contributed by atoms with E-state index in [0.717, 1.165) is 29.3 Å². The number of sulfonamides is 1. The molecule has 6 nitrogen and oxygen atoms in total. The Balaban J connectivity index is 1.41. The van der Waals surface area contributed by atoms with E-state index in [-0.39, 0.29) is 18.0 Å². The molecule has 0 saturated carbocycles. The number of aliphatic hydroxyl groups is 1. The number of nitrogens with one attached hydrogen (secondary N) is 1. The number of rotatable bonds is 4. The molecule has 7 heteroatoms. The summed E-state index contributed by atoms with van der Waals surface area (Å²) in [4.78, 5) is 6.38. The number of hydrogen-bond acceptors (Lipinski definition) is 4. The Bertz CT molecular complexity index is 1510. The first kappa shape index (κ1) is 22.7. The first-order valence-electron chi connectivity index (χ1n) is 12.3. The summed E-state index contributed by atoms with van der Waals surface area (Å²) in [7, 11) is -2.10. The van der Waals surface area contributed by atoms with Gasteiger partial charge >= 0.3 is 0 Å². The van der Waals surface area contributed by atoms with Gasteiger partial charge in [0.1, 0.15) is 0 Å². The van der Waals surface area contributed by atoms with Crippen molar-refractivity contribution in [2.24, 2.45) is 5.92 Å². The Morgan fingerprint density at radius 1 is 1.03 bits per heavy atom. The van der Waals surface area contributed by atoms with Gasteiger partial charge in [0, 0.05) is 54.1 Å². The summed E-state index contributed by atoms with van der Waals surface area (Å²) >= 11 is 0. The number of piperidine rings is 1. The van der Waals surface area contributed by atoms with Crippen LogP contribution in [0.15, 0.2) is 71.6 Å². The number of H-pyrrole nitrogens is 1. The van der Waals surface area contributed by atoms with E-state index >= 15 is 0 Å². The van der Waals surface area contributed by atoms with Gasteiger partial charge in [-0.05, 0) is 42.8 Å². The van der Waals surface area contributed by atoms with Gasteiger partial charge in [-0.3, -0.25) is 4.90 Å². The number of hydrogen-bond donors (Lipinski definition) is 2. The van der Waals surface area contributed by atoms with Gasteiger partial charge in [-0.1, -0.05) is 54.6 Å². The lowest BCUT2D eigenvalue weighted by Gasteiger charge is -2.49. The number of para-hydroxylation sites is 1. The molecule has 3 heterocycles. The number of aliphatic hydroxyl groups excluding tert-OH is 1. The molecule has 0 amide bonds. The van der Waals surface area contributed by atoms with Gasteiger partial charge in [0.25, 0.3) is 0 Å². The normalized spacial score (nSPS) is 23.9. The molecular formula is C28H31N3O3S. The molecule has 2 N–H and O–H groups in total. The second-order valence-electron chi connectivity index (χ2n) is 10.0. The summed E-state index contributed by atoms with van der Waals surface area (Å²) < 4.78 is 29.5. The SMILES string of the molecule is C[C@H](O)[C@@H]1CN2CCc3c([nH]c4ccccc34)[C@@H]2C[C@@H]1N(C)S(=O)(=O)c1cccc2ccccc12. The Labute approximate surface area is 206 Å². The fraction of sp³-hybridized carbons (Fsp3) is 0.357. The van der Waals surface area contributed by atoms with Crippen LogP contribution >= 0.6 is 0 Å². The van der Waals surface area contributed by atoms with E-state index in [4.69, 9.17) is 0 Å². The third kappa shape index (κ3) is 3.61. The topological polar surface area (TPSA) is 76.6 Å². The number of nitrogens with zero attached hydrogens (tertiary/aromatic N) is 2.